The summed E-state index contributed by atoms with van der Waals surface area (Å²) in [5.74, 6) is 0.362. The summed E-state index contributed by atoms with van der Waals surface area (Å²) in [4.78, 5) is 21.7. The topological polar surface area (TPSA) is 90.2 Å². The number of aromatic nitrogens is 2. The van der Waals surface area contributed by atoms with Crippen LogP contribution in [-0.4, -0.2) is 21.3 Å². The van der Waals surface area contributed by atoms with Crippen LogP contribution in [0, 0.1) is 10.1 Å². The molecule has 0 aliphatic rings. The number of ether oxygens (including phenoxy) is 1. The Kier molecular flexibility index (Phi) is 3.13. The van der Waals surface area contributed by atoms with Gasteiger partial charge in [-0.15, -0.1) is 0 Å². The summed E-state index contributed by atoms with van der Waals surface area (Å²) < 4.78 is 6.42. The Morgan fingerprint density at radius 3 is 2.61 bits per heavy atom. The zero-order valence-corrected chi connectivity index (χ0v) is 9.62. The maximum absolute atomic E-state index is 11.7. The number of rotatable bonds is 4. The number of nitro groups is 1. The number of hydrogen-bond donors (Lipinski definition) is 1. The van der Waals surface area contributed by atoms with Gasteiger partial charge in [0.25, 0.3) is 11.2 Å². The van der Waals surface area contributed by atoms with Crippen molar-refractivity contribution in [2.75, 3.05) is 6.61 Å². The molecule has 1 heterocycles. The molecule has 0 amide bonds. The van der Waals surface area contributed by atoms with Gasteiger partial charge in [-0.2, -0.15) is 0 Å². The molecular formula is C11H11N3O4. The van der Waals surface area contributed by atoms with E-state index in [9.17, 15) is 14.9 Å². The lowest BCUT2D eigenvalue weighted by atomic mass is 10.3. The Balaban J connectivity index is 2.36. The van der Waals surface area contributed by atoms with Crippen LogP contribution in [0.4, 0.5) is 5.69 Å². The van der Waals surface area contributed by atoms with Crippen molar-refractivity contribution in [3.05, 3.63) is 50.8 Å². The van der Waals surface area contributed by atoms with Crippen molar-refractivity contribution in [3.8, 4) is 11.6 Å². The molecule has 2 aromatic rings. The van der Waals surface area contributed by atoms with Gasteiger partial charge in [0.1, 0.15) is 0 Å². The summed E-state index contributed by atoms with van der Waals surface area (Å²) in [6, 6.07) is 6.98. The van der Waals surface area contributed by atoms with Gasteiger partial charge in [-0.25, -0.2) is 4.68 Å². The van der Waals surface area contributed by atoms with E-state index >= 15 is 0 Å². The summed E-state index contributed by atoms with van der Waals surface area (Å²) in [6.45, 7) is 2.25. The molecule has 0 radical (unpaired) electrons. The van der Waals surface area contributed by atoms with E-state index in [-0.39, 0.29) is 11.2 Å². The van der Waals surface area contributed by atoms with E-state index in [0.717, 1.165) is 0 Å². The van der Waals surface area contributed by atoms with Crippen molar-refractivity contribution in [3.63, 3.8) is 0 Å². The number of hydrogen-bond acceptors (Lipinski definition) is 4. The van der Waals surface area contributed by atoms with Crippen molar-refractivity contribution < 1.29 is 9.66 Å². The highest BCUT2D eigenvalue weighted by atomic mass is 16.6. The number of benzene rings is 1. The minimum absolute atomic E-state index is 0.0246. The summed E-state index contributed by atoms with van der Waals surface area (Å²) in [6.07, 6.45) is 0. The van der Waals surface area contributed by atoms with Gasteiger partial charge < -0.3 is 4.74 Å². The number of nitro benzene ring substituents is 1. The number of nitrogens with one attached hydrogen (secondary N) is 1. The Hall–Kier alpha value is -2.57. The predicted octanol–water partition coefficient (Wildman–Crippen LogP) is 1.47. The second kappa shape index (κ2) is 4.74. The molecule has 0 aliphatic carbocycles. The quantitative estimate of drug-likeness (QED) is 0.656. The number of aromatic amines is 1. The minimum atomic E-state index is -0.493. The van der Waals surface area contributed by atoms with Crippen molar-refractivity contribution in [2.24, 2.45) is 0 Å². The van der Waals surface area contributed by atoms with E-state index in [1.165, 1.54) is 35.0 Å². The van der Waals surface area contributed by atoms with Crippen LogP contribution < -0.4 is 10.3 Å². The predicted molar refractivity (Wildman–Crippen MR) is 64.2 cm³/mol. The third-order valence-corrected chi connectivity index (χ3v) is 2.32. The molecule has 0 fully saturated rings. The molecule has 7 heteroatoms. The molecule has 2 rings (SSSR count). The molecule has 18 heavy (non-hydrogen) atoms. The average Bonchev–Trinajstić information content (AvgIpc) is 2.71. The monoisotopic (exact) mass is 249 g/mol. The SMILES string of the molecule is CCOc1cc(=O)n(-c2ccc([N+](=O)[O-])cc2)[nH]1. The lowest BCUT2D eigenvalue weighted by Gasteiger charge is -2.01. The first-order valence-electron chi connectivity index (χ1n) is 5.31. The second-order valence-electron chi connectivity index (χ2n) is 3.50. The molecule has 0 unspecified atom stereocenters. The van der Waals surface area contributed by atoms with E-state index in [4.69, 9.17) is 4.74 Å². The Bertz CT molecular complexity index is 612. The first-order chi connectivity index (χ1) is 8.61. The fourth-order valence-electron chi connectivity index (χ4n) is 1.52. The standard InChI is InChI=1S/C11H11N3O4/c1-2-18-10-7-11(15)13(12-10)8-3-5-9(6-4-8)14(16)17/h3-7,12H,2H2,1H3. The van der Waals surface area contributed by atoms with Crippen molar-refractivity contribution in [1.82, 2.24) is 9.78 Å². The van der Waals surface area contributed by atoms with Crippen LogP contribution in [-0.2, 0) is 0 Å². The van der Waals surface area contributed by atoms with Crippen molar-refractivity contribution >= 4 is 5.69 Å². The van der Waals surface area contributed by atoms with Crippen LogP contribution in [0.5, 0.6) is 5.88 Å². The zero-order valence-electron chi connectivity index (χ0n) is 9.62. The van der Waals surface area contributed by atoms with Crippen molar-refractivity contribution in [2.45, 2.75) is 6.92 Å². The van der Waals surface area contributed by atoms with Crippen LogP contribution >= 0.6 is 0 Å². The van der Waals surface area contributed by atoms with Crippen LogP contribution in [0.1, 0.15) is 6.92 Å². The molecule has 1 N–H and O–H groups in total. The van der Waals surface area contributed by atoms with E-state index in [0.29, 0.717) is 18.2 Å². The van der Waals surface area contributed by atoms with E-state index in [1.807, 2.05) is 6.92 Å². The first kappa shape index (κ1) is 11.9. The van der Waals surface area contributed by atoms with Gasteiger partial charge in [0, 0.05) is 12.1 Å². The maximum Gasteiger partial charge on any atom is 0.275 e. The molecule has 1 aromatic heterocycles. The highest BCUT2D eigenvalue weighted by Gasteiger charge is 2.08. The van der Waals surface area contributed by atoms with Gasteiger partial charge in [-0.3, -0.25) is 20.0 Å². The third kappa shape index (κ3) is 2.24. The Morgan fingerprint density at radius 1 is 1.39 bits per heavy atom. The summed E-state index contributed by atoms with van der Waals surface area (Å²) in [5.41, 5.74) is 0.201. The second-order valence-corrected chi connectivity index (χ2v) is 3.50. The van der Waals surface area contributed by atoms with Gasteiger partial charge in [-0.1, -0.05) is 0 Å². The molecule has 0 atom stereocenters. The summed E-state index contributed by atoms with van der Waals surface area (Å²) in [7, 11) is 0. The number of non-ortho nitro benzene ring substituents is 1. The van der Waals surface area contributed by atoms with Gasteiger partial charge >= 0.3 is 0 Å². The number of H-pyrrole nitrogens is 1. The Morgan fingerprint density at radius 2 is 2.06 bits per heavy atom. The largest absolute Gasteiger partial charge is 0.478 e. The molecule has 1 aromatic carbocycles. The highest BCUT2D eigenvalue weighted by Crippen LogP contribution is 2.14. The summed E-state index contributed by atoms with van der Waals surface area (Å²) >= 11 is 0. The van der Waals surface area contributed by atoms with Gasteiger partial charge in [0.15, 0.2) is 0 Å². The maximum atomic E-state index is 11.7. The fourth-order valence-corrected chi connectivity index (χ4v) is 1.52. The molecule has 0 aliphatic heterocycles. The van der Waals surface area contributed by atoms with E-state index in [1.54, 1.807) is 0 Å². The zero-order chi connectivity index (χ0) is 13.1. The number of nitrogens with zero attached hydrogens (tertiary/aromatic N) is 2. The van der Waals surface area contributed by atoms with Gasteiger partial charge in [-0.05, 0) is 19.1 Å². The molecule has 0 spiro atoms. The first-order valence-corrected chi connectivity index (χ1v) is 5.31. The van der Waals surface area contributed by atoms with Crippen LogP contribution in [0.2, 0.25) is 0 Å². The van der Waals surface area contributed by atoms with Gasteiger partial charge in [0.05, 0.1) is 23.3 Å². The Labute approximate surface area is 102 Å². The van der Waals surface area contributed by atoms with E-state index in [2.05, 4.69) is 5.10 Å². The van der Waals surface area contributed by atoms with E-state index < -0.39 is 4.92 Å². The van der Waals surface area contributed by atoms with Crippen LogP contribution in [0.25, 0.3) is 5.69 Å². The smallest absolute Gasteiger partial charge is 0.275 e. The molecular weight excluding hydrogens is 238 g/mol. The minimum Gasteiger partial charge on any atom is -0.478 e. The normalized spacial score (nSPS) is 10.3. The average molecular weight is 249 g/mol. The molecule has 0 bridgehead atoms. The highest BCUT2D eigenvalue weighted by molar-refractivity contribution is 5.40. The lowest BCUT2D eigenvalue weighted by Crippen LogP contribution is -2.13. The van der Waals surface area contributed by atoms with Crippen LogP contribution in [0.3, 0.4) is 0 Å². The molecule has 0 saturated carbocycles. The lowest BCUT2D eigenvalue weighted by molar-refractivity contribution is -0.384. The molecule has 7 nitrogen and oxygen atoms in total. The molecule has 94 valence electrons. The molecule has 0 saturated heterocycles. The summed E-state index contributed by atoms with van der Waals surface area (Å²) in [5, 5.41) is 13.3. The van der Waals surface area contributed by atoms with Crippen molar-refractivity contribution in [1.29, 1.82) is 0 Å². The van der Waals surface area contributed by atoms with Crippen LogP contribution in [0.15, 0.2) is 35.1 Å². The third-order valence-electron chi connectivity index (χ3n) is 2.32. The fraction of sp³-hybridized carbons (Fsp3) is 0.182. The van der Waals surface area contributed by atoms with Gasteiger partial charge in [0.2, 0.25) is 5.88 Å².